The van der Waals surface area contributed by atoms with Gasteiger partial charge in [-0.1, -0.05) is 12.1 Å². The van der Waals surface area contributed by atoms with Gasteiger partial charge in [0.05, 0.1) is 24.2 Å². The number of anilines is 1. The highest BCUT2D eigenvalue weighted by Crippen LogP contribution is 2.26. The fraction of sp³-hybridized carbons (Fsp3) is 0.647. The van der Waals surface area contributed by atoms with Gasteiger partial charge in [0.15, 0.2) is 0 Å². The molecule has 2 unspecified atom stereocenters. The fourth-order valence-electron chi connectivity index (χ4n) is 3.00. The summed E-state index contributed by atoms with van der Waals surface area (Å²) in [5, 5.41) is 0. The lowest BCUT2D eigenvalue weighted by molar-refractivity contribution is -0.0189. The van der Waals surface area contributed by atoms with E-state index in [2.05, 4.69) is 0 Å². The maximum absolute atomic E-state index is 12.8. The lowest BCUT2D eigenvalue weighted by Gasteiger charge is -2.31. The molecule has 1 aromatic carbocycles. The summed E-state index contributed by atoms with van der Waals surface area (Å²) in [7, 11) is -0.272. The van der Waals surface area contributed by atoms with Gasteiger partial charge in [-0.3, -0.25) is 4.31 Å². The van der Waals surface area contributed by atoms with E-state index in [0.717, 1.165) is 36.3 Å². The highest BCUT2D eigenvalue weighted by Gasteiger charge is 2.31. The molecular weight excluding hydrogens is 314 g/mol. The Morgan fingerprint density at radius 1 is 1.39 bits per heavy atom. The third-order valence-electron chi connectivity index (χ3n) is 4.73. The molecule has 1 saturated heterocycles. The number of ether oxygens (including phenoxy) is 2. The molecule has 0 aromatic heterocycles. The van der Waals surface area contributed by atoms with Crippen LogP contribution in [0.2, 0.25) is 0 Å². The quantitative estimate of drug-likeness (QED) is 0.798. The van der Waals surface area contributed by atoms with Gasteiger partial charge < -0.3 is 9.47 Å². The van der Waals surface area contributed by atoms with E-state index in [4.69, 9.17) is 9.47 Å². The van der Waals surface area contributed by atoms with Crippen LogP contribution < -0.4 is 4.31 Å². The van der Waals surface area contributed by atoms with Crippen molar-refractivity contribution >= 4 is 15.7 Å². The molecule has 0 bridgehead atoms. The summed E-state index contributed by atoms with van der Waals surface area (Å²) >= 11 is 0. The van der Waals surface area contributed by atoms with Crippen molar-refractivity contribution in [2.75, 3.05) is 37.4 Å². The van der Waals surface area contributed by atoms with Gasteiger partial charge in [0.2, 0.25) is 10.0 Å². The molecule has 1 heterocycles. The van der Waals surface area contributed by atoms with Crippen molar-refractivity contribution in [2.24, 2.45) is 5.92 Å². The average molecular weight is 341 g/mol. The molecule has 0 radical (unpaired) electrons. The van der Waals surface area contributed by atoms with Crippen LogP contribution in [0.5, 0.6) is 0 Å². The van der Waals surface area contributed by atoms with Gasteiger partial charge in [-0.2, -0.15) is 0 Å². The smallest absolute Gasteiger partial charge is 0.237 e. The van der Waals surface area contributed by atoms with Crippen molar-refractivity contribution in [3.8, 4) is 0 Å². The molecule has 0 aliphatic carbocycles. The van der Waals surface area contributed by atoms with Crippen LogP contribution in [0.3, 0.4) is 0 Å². The average Bonchev–Trinajstić information content (AvgIpc) is 2.55. The molecule has 1 fully saturated rings. The zero-order chi connectivity index (χ0) is 17.0. The first-order chi connectivity index (χ1) is 10.9. The Bertz CT molecular complexity index is 623. The summed E-state index contributed by atoms with van der Waals surface area (Å²) in [6.07, 6.45) is 1.56. The first-order valence-electron chi connectivity index (χ1n) is 8.00. The van der Waals surface area contributed by atoms with Crippen molar-refractivity contribution in [2.45, 2.75) is 32.8 Å². The van der Waals surface area contributed by atoms with Gasteiger partial charge in [-0.15, -0.1) is 0 Å². The molecule has 0 spiro atoms. The maximum atomic E-state index is 12.8. The monoisotopic (exact) mass is 341 g/mol. The maximum Gasteiger partial charge on any atom is 0.237 e. The first kappa shape index (κ1) is 18.2. The molecule has 0 N–H and O–H groups in total. The molecular formula is C17H27NO4S. The molecule has 5 nitrogen and oxygen atoms in total. The van der Waals surface area contributed by atoms with Crippen LogP contribution in [-0.4, -0.2) is 47.6 Å². The third-order valence-corrected chi connectivity index (χ3v) is 6.51. The predicted molar refractivity (Wildman–Crippen MR) is 92.4 cm³/mol. The SMILES string of the molecule is COC(CS(=O)(=O)N(C)c1cccc(C)c1C)C1CCCOC1. The molecule has 6 heteroatoms. The van der Waals surface area contributed by atoms with Crippen LogP contribution in [-0.2, 0) is 19.5 Å². The fourth-order valence-corrected chi connectivity index (χ4v) is 4.55. The van der Waals surface area contributed by atoms with Gasteiger partial charge in [0.25, 0.3) is 0 Å². The van der Waals surface area contributed by atoms with E-state index in [1.54, 1.807) is 14.2 Å². The van der Waals surface area contributed by atoms with Crippen molar-refractivity contribution in [1.82, 2.24) is 0 Å². The summed E-state index contributed by atoms with van der Waals surface area (Å²) < 4.78 is 38.0. The summed E-state index contributed by atoms with van der Waals surface area (Å²) in [4.78, 5) is 0. The van der Waals surface area contributed by atoms with Crippen molar-refractivity contribution < 1.29 is 17.9 Å². The number of hydrogen-bond donors (Lipinski definition) is 0. The minimum Gasteiger partial charge on any atom is -0.381 e. The summed E-state index contributed by atoms with van der Waals surface area (Å²) in [5.41, 5.74) is 2.78. The lowest BCUT2D eigenvalue weighted by atomic mass is 9.97. The van der Waals surface area contributed by atoms with E-state index in [0.29, 0.717) is 6.61 Å². The van der Waals surface area contributed by atoms with Gasteiger partial charge in [0, 0.05) is 26.7 Å². The second-order valence-corrected chi connectivity index (χ2v) is 8.26. The normalized spacial score (nSPS) is 20.3. The molecule has 23 heavy (non-hydrogen) atoms. The second kappa shape index (κ2) is 7.64. The summed E-state index contributed by atoms with van der Waals surface area (Å²) in [5.74, 6) is 0.108. The molecule has 2 rings (SSSR count). The zero-order valence-corrected chi connectivity index (χ0v) is 15.2. The van der Waals surface area contributed by atoms with Crippen molar-refractivity contribution in [3.63, 3.8) is 0 Å². The molecule has 1 aromatic rings. The highest BCUT2D eigenvalue weighted by atomic mass is 32.2. The number of benzene rings is 1. The van der Waals surface area contributed by atoms with E-state index >= 15 is 0 Å². The van der Waals surface area contributed by atoms with Gasteiger partial charge in [-0.05, 0) is 43.9 Å². The lowest BCUT2D eigenvalue weighted by Crippen LogP contribution is -2.40. The van der Waals surface area contributed by atoms with Crippen molar-refractivity contribution in [3.05, 3.63) is 29.3 Å². The Balaban J connectivity index is 2.17. The van der Waals surface area contributed by atoms with E-state index in [9.17, 15) is 8.42 Å². The standard InChI is InChI=1S/C17H27NO4S/c1-13-7-5-9-16(14(13)2)18(3)23(19,20)12-17(21-4)15-8-6-10-22-11-15/h5,7,9,15,17H,6,8,10-12H2,1-4H3. The summed E-state index contributed by atoms with van der Waals surface area (Å²) in [6.45, 7) is 5.25. The Hall–Kier alpha value is -1.11. The molecule has 130 valence electrons. The number of aryl methyl sites for hydroxylation is 1. The number of nitrogens with zero attached hydrogens (tertiary/aromatic N) is 1. The number of sulfonamides is 1. The van der Waals surface area contributed by atoms with Crippen molar-refractivity contribution in [1.29, 1.82) is 0 Å². The van der Waals surface area contributed by atoms with Crippen LogP contribution in [0.25, 0.3) is 0 Å². The third kappa shape index (κ3) is 4.25. The van der Waals surface area contributed by atoms with Gasteiger partial charge in [0.1, 0.15) is 0 Å². The Morgan fingerprint density at radius 2 is 2.13 bits per heavy atom. The molecule has 0 amide bonds. The van der Waals surface area contributed by atoms with E-state index in [1.165, 1.54) is 4.31 Å². The number of hydrogen-bond acceptors (Lipinski definition) is 4. The van der Waals surface area contributed by atoms with Gasteiger partial charge >= 0.3 is 0 Å². The Morgan fingerprint density at radius 3 is 2.74 bits per heavy atom. The number of rotatable bonds is 6. The van der Waals surface area contributed by atoms with Crippen LogP contribution in [0.1, 0.15) is 24.0 Å². The topological polar surface area (TPSA) is 55.8 Å². The van der Waals surface area contributed by atoms with Gasteiger partial charge in [-0.25, -0.2) is 8.42 Å². The molecule has 2 atom stereocenters. The van der Waals surface area contributed by atoms with E-state index in [1.807, 2.05) is 32.0 Å². The highest BCUT2D eigenvalue weighted by molar-refractivity contribution is 7.92. The minimum absolute atomic E-state index is 0.0264. The summed E-state index contributed by atoms with van der Waals surface area (Å²) in [6, 6.07) is 5.70. The van der Waals surface area contributed by atoms with Crippen LogP contribution in [0.4, 0.5) is 5.69 Å². The van der Waals surface area contributed by atoms with E-state index in [-0.39, 0.29) is 17.8 Å². The first-order valence-corrected chi connectivity index (χ1v) is 9.61. The Labute approximate surface area is 139 Å². The molecule has 1 aliphatic heterocycles. The van der Waals surface area contributed by atoms with Crippen LogP contribution in [0, 0.1) is 19.8 Å². The zero-order valence-electron chi connectivity index (χ0n) is 14.4. The molecule has 1 aliphatic rings. The second-order valence-electron chi connectivity index (χ2n) is 6.22. The van der Waals surface area contributed by atoms with Crippen LogP contribution in [0.15, 0.2) is 18.2 Å². The van der Waals surface area contributed by atoms with E-state index < -0.39 is 10.0 Å². The van der Waals surface area contributed by atoms with Crippen LogP contribution >= 0.6 is 0 Å². The Kier molecular flexibility index (Phi) is 6.06. The predicted octanol–water partition coefficient (Wildman–Crippen LogP) is 2.51. The minimum atomic E-state index is -3.46. The number of methoxy groups -OCH3 is 1. The largest absolute Gasteiger partial charge is 0.381 e. The molecule has 0 saturated carbocycles.